The molecule has 0 N–H and O–H groups in total. The molecule has 0 aromatic heterocycles. The fraction of sp³-hybridized carbons (Fsp3) is 0.870. The molecule has 0 unspecified atom stereocenters. The summed E-state index contributed by atoms with van der Waals surface area (Å²) in [4.78, 5) is 43.8. The smallest absolute Gasteiger partial charge is 0.306 e. The monoisotopic (exact) mass is 472 g/mol. The molecule has 10 heteroatoms. The normalized spacial score (nSPS) is 15.1. The van der Waals surface area contributed by atoms with Gasteiger partial charge in [0.05, 0.1) is 40.6 Å². The summed E-state index contributed by atoms with van der Waals surface area (Å²) in [5, 5.41) is 0. The molecule has 1 rings (SSSR count). The molecule has 1 aliphatic heterocycles. The van der Waals surface area contributed by atoms with Crippen molar-refractivity contribution in [2.24, 2.45) is 0 Å². The van der Waals surface area contributed by atoms with Crippen molar-refractivity contribution in [3.05, 3.63) is 0 Å². The zero-order valence-corrected chi connectivity index (χ0v) is 21.1. The Kier molecular flexibility index (Phi) is 15.7. The Morgan fingerprint density at radius 1 is 0.606 bits per heavy atom. The Bertz CT molecular complexity index is 549. The third-order valence-electron chi connectivity index (χ3n) is 6.05. The SMILES string of the molecule is CCCN(CCC(=O)OC)CCN1CCN(CCN(CCC(=O)OC)CCC(=O)OC)CC1. The van der Waals surface area contributed by atoms with Crippen LogP contribution in [-0.4, -0.2) is 137 Å². The molecular weight excluding hydrogens is 428 g/mol. The van der Waals surface area contributed by atoms with Gasteiger partial charge in [-0.1, -0.05) is 6.92 Å². The van der Waals surface area contributed by atoms with E-state index in [0.29, 0.717) is 32.4 Å². The molecule has 10 nitrogen and oxygen atoms in total. The lowest BCUT2D eigenvalue weighted by atomic mass is 10.2. The minimum absolute atomic E-state index is 0.156. The van der Waals surface area contributed by atoms with E-state index >= 15 is 0 Å². The first-order chi connectivity index (χ1) is 15.9. The van der Waals surface area contributed by atoms with Crippen molar-refractivity contribution in [1.29, 1.82) is 0 Å². The second-order valence-electron chi connectivity index (χ2n) is 8.34. The van der Waals surface area contributed by atoms with Gasteiger partial charge in [0.15, 0.2) is 0 Å². The van der Waals surface area contributed by atoms with Gasteiger partial charge in [-0.05, 0) is 13.0 Å². The van der Waals surface area contributed by atoms with E-state index in [2.05, 4.69) is 26.5 Å². The number of methoxy groups -OCH3 is 3. The van der Waals surface area contributed by atoms with Crippen molar-refractivity contribution >= 4 is 17.9 Å². The van der Waals surface area contributed by atoms with E-state index in [1.807, 2.05) is 0 Å². The van der Waals surface area contributed by atoms with Crippen LogP contribution in [0.2, 0.25) is 0 Å². The summed E-state index contributed by atoms with van der Waals surface area (Å²) >= 11 is 0. The predicted molar refractivity (Wildman–Crippen MR) is 126 cm³/mol. The van der Waals surface area contributed by atoms with Crippen molar-refractivity contribution in [3.8, 4) is 0 Å². The van der Waals surface area contributed by atoms with Gasteiger partial charge in [0, 0.05) is 72.0 Å². The second-order valence-corrected chi connectivity index (χ2v) is 8.34. The Balaban J connectivity index is 2.36. The zero-order valence-electron chi connectivity index (χ0n) is 21.1. The van der Waals surface area contributed by atoms with E-state index in [0.717, 1.165) is 71.9 Å². The lowest BCUT2D eigenvalue weighted by Gasteiger charge is -2.36. The number of carbonyl (C=O) groups excluding carboxylic acids is 3. The van der Waals surface area contributed by atoms with Gasteiger partial charge in [0.25, 0.3) is 0 Å². The van der Waals surface area contributed by atoms with Gasteiger partial charge in [0.2, 0.25) is 0 Å². The number of carbonyl (C=O) groups is 3. The van der Waals surface area contributed by atoms with Gasteiger partial charge in [0.1, 0.15) is 0 Å². The molecule has 1 aliphatic rings. The molecule has 1 heterocycles. The van der Waals surface area contributed by atoms with Crippen molar-refractivity contribution < 1.29 is 28.6 Å². The maximum Gasteiger partial charge on any atom is 0.306 e. The number of esters is 3. The molecular formula is C23H44N4O6. The van der Waals surface area contributed by atoms with Crippen molar-refractivity contribution in [1.82, 2.24) is 19.6 Å². The third kappa shape index (κ3) is 13.5. The summed E-state index contributed by atoms with van der Waals surface area (Å²) in [7, 11) is 4.21. The van der Waals surface area contributed by atoms with Gasteiger partial charge in [-0.2, -0.15) is 0 Å². The molecule has 0 atom stereocenters. The highest BCUT2D eigenvalue weighted by atomic mass is 16.5. The number of hydrogen-bond donors (Lipinski definition) is 0. The first-order valence-electron chi connectivity index (χ1n) is 12.0. The molecule has 0 aliphatic carbocycles. The second kappa shape index (κ2) is 17.7. The van der Waals surface area contributed by atoms with E-state index in [1.165, 1.54) is 21.3 Å². The Morgan fingerprint density at radius 3 is 1.24 bits per heavy atom. The first-order valence-corrected chi connectivity index (χ1v) is 12.0. The lowest BCUT2D eigenvalue weighted by Crippen LogP contribution is -2.50. The maximum absolute atomic E-state index is 11.5. The minimum atomic E-state index is -0.240. The topological polar surface area (TPSA) is 91.9 Å². The average Bonchev–Trinajstić information content (AvgIpc) is 2.84. The molecule has 0 amide bonds. The van der Waals surface area contributed by atoms with Crippen LogP contribution in [0.3, 0.4) is 0 Å². The summed E-state index contributed by atoms with van der Waals surface area (Å²) in [6.45, 7) is 12.7. The van der Waals surface area contributed by atoms with Crippen LogP contribution >= 0.6 is 0 Å². The summed E-state index contributed by atoms with van der Waals surface area (Å²) in [6.07, 6.45) is 2.13. The quantitative estimate of drug-likeness (QED) is 0.217. The summed E-state index contributed by atoms with van der Waals surface area (Å²) in [6, 6.07) is 0. The van der Waals surface area contributed by atoms with E-state index < -0.39 is 0 Å². The summed E-state index contributed by atoms with van der Waals surface area (Å²) in [5.41, 5.74) is 0. The summed E-state index contributed by atoms with van der Waals surface area (Å²) in [5.74, 6) is -0.636. The van der Waals surface area contributed by atoms with Gasteiger partial charge < -0.3 is 24.0 Å². The van der Waals surface area contributed by atoms with Crippen LogP contribution in [0.5, 0.6) is 0 Å². The van der Waals surface area contributed by atoms with E-state index in [1.54, 1.807) is 0 Å². The summed E-state index contributed by atoms with van der Waals surface area (Å²) < 4.78 is 14.2. The number of ether oxygens (including phenoxy) is 3. The highest BCUT2D eigenvalue weighted by Crippen LogP contribution is 2.05. The van der Waals surface area contributed by atoms with Gasteiger partial charge >= 0.3 is 17.9 Å². The number of rotatable bonds is 17. The Labute approximate surface area is 199 Å². The molecule has 0 aromatic carbocycles. The van der Waals surface area contributed by atoms with Crippen molar-refractivity contribution in [2.75, 3.05) is 99.9 Å². The van der Waals surface area contributed by atoms with Crippen molar-refractivity contribution in [2.45, 2.75) is 32.6 Å². The number of piperazine rings is 1. The van der Waals surface area contributed by atoms with Crippen LogP contribution in [0.4, 0.5) is 0 Å². The average molecular weight is 473 g/mol. The third-order valence-corrected chi connectivity index (χ3v) is 6.05. The van der Waals surface area contributed by atoms with Crippen LogP contribution in [-0.2, 0) is 28.6 Å². The zero-order chi connectivity index (χ0) is 24.5. The molecule has 1 saturated heterocycles. The molecule has 0 aromatic rings. The van der Waals surface area contributed by atoms with Gasteiger partial charge in [-0.25, -0.2) is 0 Å². The number of hydrogen-bond acceptors (Lipinski definition) is 10. The van der Waals surface area contributed by atoms with Crippen LogP contribution in [0.25, 0.3) is 0 Å². The fourth-order valence-corrected chi connectivity index (χ4v) is 3.84. The molecule has 33 heavy (non-hydrogen) atoms. The standard InChI is InChI=1S/C23H44N4O6/c1-5-9-24(10-6-21(28)31-2)13-15-26-17-19-27(20-18-26)16-14-25(11-7-22(29)32-3)12-8-23(30)33-4/h5-20H2,1-4H3. The number of nitrogens with zero attached hydrogens (tertiary/aromatic N) is 4. The van der Waals surface area contributed by atoms with Gasteiger partial charge in [-0.15, -0.1) is 0 Å². The Morgan fingerprint density at radius 2 is 0.939 bits per heavy atom. The van der Waals surface area contributed by atoms with Crippen LogP contribution in [0, 0.1) is 0 Å². The van der Waals surface area contributed by atoms with Crippen LogP contribution in [0.15, 0.2) is 0 Å². The van der Waals surface area contributed by atoms with Crippen molar-refractivity contribution in [3.63, 3.8) is 0 Å². The predicted octanol–water partition coefficient (Wildman–Crippen LogP) is 0.307. The van der Waals surface area contributed by atoms with E-state index in [-0.39, 0.29) is 17.9 Å². The van der Waals surface area contributed by atoms with Crippen LogP contribution < -0.4 is 0 Å². The molecule has 0 radical (unpaired) electrons. The minimum Gasteiger partial charge on any atom is -0.469 e. The first kappa shape index (κ1) is 29.3. The maximum atomic E-state index is 11.5. The molecule has 1 fully saturated rings. The molecule has 0 spiro atoms. The Hall–Kier alpha value is -1.75. The lowest BCUT2D eigenvalue weighted by molar-refractivity contribution is -0.142. The molecule has 192 valence electrons. The fourth-order valence-electron chi connectivity index (χ4n) is 3.84. The van der Waals surface area contributed by atoms with E-state index in [4.69, 9.17) is 14.2 Å². The molecule has 0 saturated carbocycles. The molecule has 0 bridgehead atoms. The highest BCUT2D eigenvalue weighted by Gasteiger charge is 2.19. The highest BCUT2D eigenvalue weighted by molar-refractivity contribution is 5.70. The van der Waals surface area contributed by atoms with E-state index in [9.17, 15) is 14.4 Å². The largest absolute Gasteiger partial charge is 0.469 e. The van der Waals surface area contributed by atoms with Gasteiger partial charge in [-0.3, -0.25) is 24.2 Å². The van der Waals surface area contributed by atoms with Crippen LogP contribution in [0.1, 0.15) is 32.6 Å².